The van der Waals surface area contributed by atoms with Crippen molar-refractivity contribution in [2.45, 2.75) is 68.0 Å². The Morgan fingerprint density at radius 1 is 1.02 bits per heavy atom. The highest BCUT2D eigenvalue weighted by Crippen LogP contribution is 2.30. The lowest BCUT2D eigenvalue weighted by Gasteiger charge is -2.28. The first-order valence-electron chi connectivity index (χ1n) is 13.7. The fourth-order valence-electron chi connectivity index (χ4n) is 4.97. The number of sulfonamides is 1. The molecule has 3 atom stereocenters. The molecule has 1 aliphatic rings. The van der Waals surface area contributed by atoms with Gasteiger partial charge in [-0.3, -0.25) is 14.4 Å². The van der Waals surface area contributed by atoms with Gasteiger partial charge in [-0.2, -0.15) is 16.9 Å². The molecule has 1 heterocycles. The minimum Gasteiger partial charge on any atom is -0.460 e. The number of esters is 1. The van der Waals surface area contributed by atoms with Crippen LogP contribution in [0.25, 0.3) is 10.8 Å². The average molecular weight is 612 g/mol. The van der Waals surface area contributed by atoms with Gasteiger partial charge < -0.3 is 15.0 Å². The van der Waals surface area contributed by atoms with Gasteiger partial charge in [-0.05, 0) is 55.7 Å². The first-order valence-corrected chi connectivity index (χ1v) is 15.7. The van der Waals surface area contributed by atoms with Crippen LogP contribution in [0.15, 0.2) is 77.7 Å². The Morgan fingerprint density at radius 3 is 2.33 bits per heavy atom. The lowest BCUT2D eigenvalue weighted by atomic mass is 10.1. The summed E-state index contributed by atoms with van der Waals surface area (Å²) >= 11 is 4.50. The van der Waals surface area contributed by atoms with E-state index in [1.807, 2.05) is 54.6 Å². The number of hydrogen-bond acceptors (Lipinski definition) is 7. The van der Waals surface area contributed by atoms with Crippen LogP contribution < -0.4 is 5.32 Å². The third-order valence-electron chi connectivity index (χ3n) is 6.91. The van der Waals surface area contributed by atoms with E-state index in [4.69, 9.17) is 4.74 Å². The molecule has 0 unspecified atom stereocenters. The predicted octanol–water partition coefficient (Wildman–Crippen LogP) is 3.78. The molecule has 3 aromatic rings. The summed E-state index contributed by atoms with van der Waals surface area (Å²) < 4.78 is 34.1. The number of fused-ring (bicyclic) bond motifs is 1. The number of amides is 2. The van der Waals surface area contributed by atoms with E-state index < -0.39 is 57.2 Å². The average Bonchev–Trinajstić information content (AvgIpc) is 3.34. The second-order valence-corrected chi connectivity index (χ2v) is 14.1. The molecule has 0 radical (unpaired) electrons. The Kier molecular flexibility index (Phi) is 9.64. The molecule has 3 aromatic carbocycles. The summed E-state index contributed by atoms with van der Waals surface area (Å²) in [5, 5.41) is 3.93. The highest BCUT2D eigenvalue weighted by molar-refractivity contribution is 7.89. The highest BCUT2D eigenvalue weighted by atomic mass is 32.2. The van der Waals surface area contributed by atoms with E-state index in [9.17, 15) is 22.8 Å². The fraction of sp³-hybridized carbons (Fsp3) is 0.387. The largest absolute Gasteiger partial charge is 0.460 e. The van der Waals surface area contributed by atoms with Gasteiger partial charge in [0.2, 0.25) is 21.8 Å². The van der Waals surface area contributed by atoms with Crippen LogP contribution in [0.2, 0.25) is 0 Å². The van der Waals surface area contributed by atoms with Crippen molar-refractivity contribution in [3.05, 3.63) is 78.4 Å². The molecule has 0 saturated carbocycles. The first-order chi connectivity index (χ1) is 19.7. The van der Waals surface area contributed by atoms with Crippen molar-refractivity contribution in [1.82, 2.24) is 14.5 Å². The minimum absolute atomic E-state index is 0.0228. The van der Waals surface area contributed by atoms with Gasteiger partial charge in [0.15, 0.2) is 0 Å². The molecule has 1 fully saturated rings. The molecular weight excluding hydrogens is 574 g/mol. The van der Waals surface area contributed by atoms with E-state index in [1.54, 1.807) is 40.0 Å². The highest BCUT2D eigenvalue weighted by Gasteiger charge is 2.44. The summed E-state index contributed by atoms with van der Waals surface area (Å²) in [6.07, 6.45) is -0.260. The van der Waals surface area contributed by atoms with Crippen LogP contribution in [0, 0.1) is 0 Å². The summed E-state index contributed by atoms with van der Waals surface area (Å²) in [4.78, 5) is 41.5. The second kappa shape index (κ2) is 12.8. The monoisotopic (exact) mass is 611 g/mol. The van der Waals surface area contributed by atoms with Crippen molar-refractivity contribution in [3.8, 4) is 0 Å². The zero-order valence-corrected chi connectivity index (χ0v) is 25.9. The maximum Gasteiger partial charge on any atom is 0.308 e. The number of rotatable bonds is 9. The molecule has 0 aromatic heterocycles. The number of likely N-dealkylation sites (N-methyl/N-ethyl adjacent to an activating group) is 1. The summed E-state index contributed by atoms with van der Waals surface area (Å²) in [6, 6.07) is 19.2. The van der Waals surface area contributed by atoms with Crippen LogP contribution in [0.3, 0.4) is 0 Å². The Bertz CT molecular complexity index is 1560. The first kappa shape index (κ1) is 31.5. The molecule has 1 saturated heterocycles. The second-order valence-electron chi connectivity index (χ2n) is 11.5. The molecule has 224 valence electrons. The fourth-order valence-corrected chi connectivity index (χ4v) is 7.14. The van der Waals surface area contributed by atoms with Gasteiger partial charge in [-0.25, -0.2) is 8.42 Å². The number of ether oxygens (including phenoxy) is 1. The quantitative estimate of drug-likeness (QED) is 0.281. The molecule has 0 aliphatic carbocycles. The Hall–Kier alpha value is -3.41. The Morgan fingerprint density at radius 2 is 1.67 bits per heavy atom. The topological polar surface area (TPSA) is 113 Å². The van der Waals surface area contributed by atoms with Crippen molar-refractivity contribution in [2.24, 2.45) is 0 Å². The Labute approximate surface area is 252 Å². The van der Waals surface area contributed by atoms with E-state index in [0.29, 0.717) is 0 Å². The predicted molar refractivity (Wildman–Crippen MR) is 164 cm³/mol. The molecule has 0 spiro atoms. The van der Waals surface area contributed by atoms with Crippen molar-refractivity contribution < 1.29 is 27.5 Å². The zero-order chi connectivity index (χ0) is 30.7. The van der Waals surface area contributed by atoms with E-state index in [1.165, 1.54) is 11.0 Å². The summed E-state index contributed by atoms with van der Waals surface area (Å²) in [5.41, 5.74) is 0.0807. The number of thiol groups is 1. The maximum atomic E-state index is 13.8. The number of nitrogens with one attached hydrogen (secondary N) is 1. The van der Waals surface area contributed by atoms with Crippen LogP contribution in [0.5, 0.6) is 0 Å². The minimum atomic E-state index is -4.08. The number of nitrogens with zero attached hydrogens (tertiary/aromatic N) is 2. The number of carbonyl (C=O) groups is 3. The van der Waals surface area contributed by atoms with Crippen LogP contribution in [0.1, 0.15) is 39.2 Å². The third kappa shape index (κ3) is 7.70. The number of carbonyl (C=O) groups excluding carboxylic acids is 3. The van der Waals surface area contributed by atoms with Gasteiger partial charge in [0, 0.05) is 25.4 Å². The zero-order valence-electron chi connectivity index (χ0n) is 24.2. The van der Waals surface area contributed by atoms with Gasteiger partial charge in [0.05, 0.1) is 11.3 Å². The maximum absolute atomic E-state index is 13.8. The lowest BCUT2D eigenvalue weighted by molar-refractivity contribution is -0.157. The lowest BCUT2D eigenvalue weighted by Crippen LogP contribution is -2.54. The van der Waals surface area contributed by atoms with E-state index in [-0.39, 0.29) is 24.4 Å². The molecule has 4 rings (SSSR count). The molecule has 42 heavy (non-hydrogen) atoms. The summed E-state index contributed by atoms with van der Waals surface area (Å²) in [7, 11) is -2.50. The molecule has 11 heteroatoms. The van der Waals surface area contributed by atoms with Crippen LogP contribution in [-0.2, 0) is 35.7 Å². The van der Waals surface area contributed by atoms with E-state index in [0.717, 1.165) is 20.6 Å². The van der Waals surface area contributed by atoms with Crippen molar-refractivity contribution in [1.29, 1.82) is 0 Å². The number of benzene rings is 3. The van der Waals surface area contributed by atoms with Crippen LogP contribution >= 0.6 is 12.6 Å². The van der Waals surface area contributed by atoms with Crippen molar-refractivity contribution in [2.75, 3.05) is 13.6 Å². The van der Waals surface area contributed by atoms with Gasteiger partial charge in [0.1, 0.15) is 17.7 Å². The standard InChI is InChI=1S/C31H37N3O6S2/c1-31(2,3)40-28(35)18-26(30(37)33(4)19-21-10-6-5-7-11-21)32-29(36)27-17-24(41)20-34(27)42(38,39)25-15-14-22-12-8-9-13-23(22)16-25/h5-16,24,26-27,41H,17-20H2,1-4H3,(H,32,36)/t24-,26+,27+/m1/s1. The van der Waals surface area contributed by atoms with Gasteiger partial charge in [-0.1, -0.05) is 60.7 Å². The van der Waals surface area contributed by atoms with E-state index in [2.05, 4.69) is 17.9 Å². The molecule has 9 nitrogen and oxygen atoms in total. The Balaban J connectivity index is 1.57. The van der Waals surface area contributed by atoms with Crippen LogP contribution in [-0.4, -0.2) is 71.9 Å². The van der Waals surface area contributed by atoms with E-state index >= 15 is 0 Å². The SMILES string of the molecule is CN(Cc1ccccc1)C(=O)[C@H](CC(=O)OC(C)(C)C)NC(=O)[C@@H]1C[C@@H](S)CN1S(=O)(=O)c1ccc2ccccc2c1. The van der Waals surface area contributed by atoms with Crippen molar-refractivity contribution >= 4 is 51.2 Å². The molecule has 1 N–H and O–H groups in total. The molecule has 1 aliphatic heterocycles. The van der Waals surface area contributed by atoms with Crippen molar-refractivity contribution in [3.63, 3.8) is 0 Å². The van der Waals surface area contributed by atoms with Gasteiger partial charge >= 0.3 is 5.97 Å². The number of hydrogen-bond donors (Lipinski definition) is 2. The third-order valence-corrected chi connectivity index (χ3v) is 9.15. The normalized spacial score (nSPS) is 18.4. The molecular formula is C31H37N3O6S2. The van der Waals surface area contributed by atoms with Gasteiger partial charge in [0.25, 0.3) is 0 Å². The van der Waals surface area contributed by atoms with Gasteiger partial charge in [-0.15, -0.1) is 0 Å². The van der Waals surface area contributed by atoms with Crippen LogP contribution in [0.4, 0.5) is 0 Å². The molecule has 2 amide bonds. The smallest absolute Gasteiger partial charge is 0.308 e. The molecule has 0 bridgehead atoms. The summed E-state index contributed by atoms with van der Waals surface area (Å²) in [6.45, 7) is 5.41. The summed E-state index contributed by atoms with van der Waals surface area (Å²) in [5.74, 6) is -1.83.